The second-order valence-electron chi connectivity index (χ2n) is 4.18. The molecule has 0 N–H and O–H groups in total. The van der Waals surface area contributed by atoms with Gasteiger partial charge in [0, 0.05) is 13.8 Å². The zero-order valence-electron chi connectivity index (χ0n) is 10.3. The summed E-state index contributed by atoms with van der Waals surface area (Å²) in [7, 11) is 0. The molecule has 0 aromatic heterocycles. The summed E-state index contributed by atoms with van der Waals surface area (Å²) >= 11 is 0. The number of hydrogen-bond donors (Lipinski definition) is 0. The highest BCUT2D eigenvalue weighted by Crippen LogP contribution is 2.23. The Morgan fingerprint density at radius 2 is 1.72 bits per heavy atom. The van der Waals surface area contributed by atoms with Crippen LogP contribution in [0.3, 0.4) is 0 Å². The number of halogens is 3. The van der Waals surface area contributed by atoms with Gasteiger partial charge in [0.15, 0.2) is 0 Å². The number of benzene rings is 1. The minimum atomic E-state index is -4.37. The van der Waals surface area contributed by atoms with Crippen LogP contribution in [0.1, 0.15) is 19.4 Å². The van der Waals surface area contributed by atoms with Gasteiger partial charge in [-0.25, -0.2) is 0 Å². The molecular weight excluding hydrogens is 245 g/mol. The maximum Gasteiger partial charge on any atom is 0.411 e. The van der Waals surface area contributed by atoms with Gasteiger partial charge >= 0.3 is 6.18 Å². The quantitative estimate of drug-likeness (QED) is 0.744. The largest absolute Gasteiger partial charge is 0.463 e. The molecule has 1 aromatic rings. The van der Waals surface area contributed by atoms with Crippen LogP contribution in [-0.4, -0.2) is 18.6 Å². The van der Waals surface area contributed by atoms with E-state index < -0.39 is 18.6 Å². The van der Waals surface area contributed by atoms with E-state index in [1.807, 2.05) is 0 Å². The monoisotopic (exact) mass is 260 g/mol. The lowest BCUT2D eigenvalue weighted by atomic mass is 10.2. The number of rotatable bonds is 5. The van der Waals surface area contributed by atoms with Crippen molar-refractivity contribution in [2.24, 2.45) is 0 Å². The van der Waals surface area contributed by atoms with E-state index in [1.54, 1.807) is 30.3 Å². The van der Waals surface area contributed by atoms with E-state index in [2.05, 4.69) is 11.3 Å². The molecule has 1 aromatic carbocycles. The molecule has 1 rings (SSSR count). The maximum atomic E-state index is 12.0. The van der Waals surface area contributed by atoms with Crippen LogP contribution in [0.5, 0.6) is 5.75 Å². The van der Waals surface area contributed by atoms with Gasteiger partial charge in [0.2, 0.25) is 5.79 Å². The van der Waals surface area contributed by atoms with Crippen molar-refractivity contribution in [1.29, 1.82) is 0 Å². The molecule has 0 saturated heterocycles. The van der Waals surface area contributed by atoms with Gasteiger partial charge in [-0.2, -0.15) is 13.2 Å². The molecule has 0 atom stereocenters. The third-order valence-corrected chi connectivity index (χ3v) is 2.06. The Hall–Kier alpha value is -1.49. The number of hydrogen-bond acceptors (Lipinski definition) is 2. The van der Waals surface area contributed by atoms with Crippen LogP contribution < -0.4 is 4.74 Å². The van der Waals surface area contributed by atoms with Crippen molar-refractivity contribution in [2.45, 2.75) is 25.8 Å². The molecular formula is C13H15F3O2. The lowest BCUT2D eigenvalue weighted by Gasteiger charge is -2.27. The van der Waals surface area contributed by atoms with E-state index in [1.165, 1.54) is 13.8 Å². The highest BCUT2D eigenvalue weighted by Gasteiger charge is 2.32. The van der Waals surface area contributed by atoms with E-state index in [-0.39, 0.29) is 0 Å². The molecule has 0 heterocycles. The van der Waals surface area contributed by atoms with Gasteiger partial charge < -0.3 is 9.47 Å². The predicted octanol–water partition coefficient (Wildman–Crippen LogP) is 4.02. The Balaban J connectivity index is 2.60. The summed E-state index contributed by atoms with van der Waals surface area (Å²) in [6.45, 7) is 5.12. The fraction of sp³-hybridized carbons (Fsp3) is 0.385. The Morgan fingerprint density at radius 1 is 1.17 bits per heavy atom. The van der Waals surface area contributed by atoms with Crippen molar-refractivity contribution in [3.05, 3.63) is 36.4 Å². The van der Waals surface area contributed by atoms with Gasteiger partial charge in [-0.3, -0.25) is 0 Å². The van der Waals surface area contributed by atoms with Crippen molar-refractivity contribution in [3.8, 4) is 5.75 Å². The van der Waals surface area contributed by atoms with Crippen molar-refractivity contribution in [1.82, 2.24) is 0 Å². The normalized spacial score (nSPS) is 12.3. The molecule has 18 heavy (non-hydrogen) atoms. The molecule has 0 unspecified atom stereocenters. The topological polar surface area (TPSA) is 18.5 Å². The fourth-order valence-corrected chi connectivity index (χ4v) is 1.24. The summed E-state index contributed by atoms with van der Waals surface area (Å²) in [6, 6.07) is 6.80. The van der Waals surface area contributed by atoms with Crippen molar-refractivity contribution in [2.75, 3.05) is 6.61 Å². The first-order valence-electron chi connectivity index (χ1n) is 5.34. The SMILES string of the molecule is C=Cc1ccc(OC(C)(C)OCC(F)(F)F)cc1. The van der Waals surface area contributed by atoms with Crippen LogP contribution >= 0.6 is 0 Å². The molecule has 0 spiro atoms. The molecule has 0 aliphatic heterocycles. The smallest absolute Gasteiger partial charge is 0.411 e. The Bertz CT molecular complexity index is 394. The van der Waals surface area contributed by atoms with Crippen molar-refractivity contribution in [3.63, 3.8) is 0 Å². The van der Waals surface area contributed by atoms with Crippen LogP contribution in [0.15, 0.2) is 30.8 Å². The summed E-state index contributed by atoms with van der Waals surface area (Å²) in [5.41, 5.74) is 0.899. The van der Waals surface area contributed by atoms with Gasteiger partial charge in [-0.05, 0) is 17.7 Å². The van der Waals surface area contributed by atoms with Gasteiger partial charge in [-0.15, -0.1) is 0 Å². The molecule has 0 aliphatic rings. The highest BCUT2D eigenvalue weighted by molar-refractivity contribution is 5.48. The molecule has 0 amide bonds. The summed E-state index contributed by atoms with van der Waals surface area (Å²) in [5, 5.41) is 0. The fourth-order valence-electron chi connectivity index (χ4n) is 1.24. The zero-order valence-corrected chi connectivity index (χ0v) is 10.3. The van der Waals surface area contributed by atoms with Gasteiger partial charge in [0.05, 0.1) is 0 Å². The third kappa shape index (κ3) is 5.23. The summed E-state index contributed by atoms with van der Waals surface area (Å²) < 4.78 is 46.1. The van der Waals surface area contributed by atoms with E-state index in [0.717, 1.165) is 5.56 Å². The first-order chi connectivity index (χ1) is 8.22. The predicted molar refractivity (Wildman–Crippen MR) is 63.2 cm³/mol. The van der Waals surface area contributed by atoms with Gasteiger partial charge in [0.1, 0.15) is 12.4 Å². The summed E-state index contributed by atoms with van der Waals surface area (Å²) in [4.78, 5) is 0. The zero-order chi connectivity index (χ0) is 13.8. The number of alkyl halides is 3. The van der Waals surface area contributed by atoms with Crippen molar-refractivity contribution >= 4 is 6.08 Å². The lowest BCUT2D eigenvalue weighted by molar-refractivity contribution is -0.241. The van der Waals surface area contributed by atoms with E-state index in [0.29, 0.717) is 5.75 Å². The molecule has 0 fully saturated rings. The molecule has 5 heteroatoms. The minimum absolute atomic E-state index is 0.438. The summed E-state index contributed by atoms with van der Waals surface area (Å²) in [6.07, 6.45) is -2.71. The van der Waals surface area contributed by atoms with Crippen molar-refractivity contribution < 1.29 is 22.6 Å². The molecule has 0 saturated carbocycles. The second-order valence-corrected chi connectivity index (χ2v) is 4.18. The molecule has 0 radical (unpaired) electrons. The average molecular weight is 260 g/mol. The first-order valence-corrected chi connectivity index (χ1v) is 5.34. The molecule has 2 nitrogen and oxygen atoms in total. The van der Waals surface area contributed by atoms with Gasteiger partial charge in [-0.1, -0.05) is 24.8 Å². The lowest BCUT2D eigenvalue weighted by Crippen LogP contribution is -2.35. The minimum Gasteiger partial charge on any atom is -0.463 e. The molecule has 0 aliphatic carbocycles. The van der Waals surface area contributed by atoms with Crippen LogP contribution in [-0.2, 0) is 4.74 Å². The van der Waals surface area contributed by atoms with E-state index >= 15 is 0 Å². The standard InChI is InChI=1S/C13H15F3O2/c1-4-10-5-7-11(8-6-10)18-12(2,3)17-9-13(14,15)16/h4-8H,1,9H2,2-3H3. The van der Waals surface area contributed by atoms with Crippen LogP contribution in [0.2, 0.25) is 0 Å². The Morgan fingerprint density at radius 3 is 2.17 bits per heavy atom. The number of ether oxygens (including phenoxy) is 2. The van der Waals surface area contributed by atoms with Crippen LogP contribution in [0.25, 0.3) is 6.08 Å². The Labute approximate surface area is 104 Å². The highest BCUT2D eigenvalue weighted by atomic mass is 19.4. The van der Waals surface area contributed by atoms with Gasteiger partial charge in [0.25, 0.3) is 0 Å². The first kappa shape index (κ1) is 14.6. The molecule has 0 bridgehead atoms. The second kappa shape index (κ2) is 5.44. The summed E-state index contributed by atoms with van der Waals surface area (Å²) in [5.74, 6) is -0.904. The van der Waals surface area contributed by atoms with E-state index in [9.17, 15) is 13.2 Å². The Kier molecular flexibility index (Phi) is 4.40. The van der Waals surface area contributed by atoms with Crippen LogP contribution in [0.4, 0.5) is 13.2 Å². The average Bonchev–Trinajstić information content (AvgIpc) is 2.26. The molecule has 100 valence electrons. The van der Waals surface area contributed by atoms with E-state index in [4.69, 9.17) is 4.74 Å². The van der Waals surface area contributed by atoms with Crippen LogP contribution in [0, 0.1) is 0 Å². The third-order valence-electron chi connectivity index (χ3n) is 2.06. The maximum absolute atomic E-state index is 12.0.